The van der Waals surface area contributed by atoms with Crippen molar-refractivity contribution in [1.29, 1.82) is 0 Å². The van der Waals surface area contributed by atoms with Crippen LogP contribution in [0.25, 0.3) is 16.8 Å². The molecule has 194 valence electrons. The number of carbonyl (C=O) groups is 2. The summed E-state index contributed by atoms with van der Waals surface area (Å²) in [5, 5.41) is 11.6. The van der Waals surface area contributed by atoms with Crippen LogP contribution < -0.4 is 9.64 Å². The van der Waals surface area contributed by atoms with Gasteiger partial charge in [0, 0.05) is 23.5 Å². The van der Waals surface area contributed by atoms with E-state index in [-0.39, 0.29) is 22.7 Å². The highest BCUT2D eigenvalue weighted by molar-refractivity contribution is 6.51. The number of aromatic amines is 1. The predicted octanol–water partition coefficient (Wildman–Crippen LogP) is 5.59. The third-order valence-electron chi connectivity index (χ3n) is 6.66. The number of nitrogens with one attached hydrogen (secondary N) is 1. The number of ether oxygens (including phenoxy) is 1. The van der Waals surface area contributed by atoms with Gasteiger partial charge in [0.05, 0.1) is 29.3 Å². The van der Waals surface area contributed by atoms with Crippen LogP contribution in [0.5, 0.6) is 5.75 Å². The first kappa shape index (κ1) is 25.2. The van der Waals surface area contributed by atoms with Crippen LogP contribution in [0.3, 0.4) is 0 Å². The van der Waals surface area contributed by atoms with Crippen LogP contribution in [0.15, 0.2) is 66.5 Å². The molecule has 0 aliphatic carbocycles. The van der Waals surface area contributed by atoms with Gasteiger partial charge in [-0.2, -0.15) is 0 Å². The summed E-state index contributed by atoms with van der Waals surface area (Å²) in [6.45, 7) is 10.5. The van der Waals surface area contributed by atoms with Crippen LogP contribution in [0, 0.1) is 6.92 Å². The summed E-state index contributed by atoms with van der Waals surface area (Å²) in [5.74, 6) is -0.904. The number of fused-ring (bicyclic) bond motifs is 1. The topological polar surface area (TPSA) is 108 Å². The lowest BCUT2D eigenvalue weighted by atomic mass is 9.84. The van der Waals surface area contributed by atoms with Crippen LogP contribution in [0.2, 0.25) is 0 Å². The summed E-state index contributed by atoms with van der Waals surface area (Å²) in [7, 11) is 0. The smallest absolute Gasteiger partial charge is 0.302 e. The second kappa shape index (κ2) is 9.45. The highest BCUT2D eigenvalue weighted by Crippen LogP contribution is 2.42. The summed E-state index contributed by atoms with van der Waals surface area (Å²) in [6.07, 6.45) is 3.20. The standard InChI is InChI=1S/C30H30N4O4/c1-6-38-23-12-10-18(15-20(23)30(3,4)5)26(35)24-25(19-8-7-13-31-16-19)34(28(37)27(24)36)29-32-21-11-9-17(2)14-22(21)33-29/h7-16,25,35H,6H2,1-5H3,(H,32,33)/b26-24+. The average molecular weight is 511 g/mol. The normalized spacial score (nSPS) is 17.4. The molecular formula is C30H30N4O4. The first-order valence-electron chi connectivity index (χ1n) is 12.5. The first-order valence-corrected chi connectivity index (χ1v) is 12.5. The summed E-state index contributed by atoms with van der Waals surface area (Å²) < 4.78 is 5.82. The number of aromatic nitrogens is 3. The van der Waals surface area contributed by atoms with E-state index in [4.69, 9.17) is 4.74 Å². The number of hydrogen-bond acceptors (Lipinski definition) is 6. The SMILES string of the molecule is CCOc1ccc(/C(O)=C2\C(=O)C(=O)N(c3nc4ccc(C)cc4[nH]3)C2c2cccnc2)cc1C(C)(C)C. The summed E-state index contributed by atoms with van der Waals surface area (Å²) in [4.78, 5) is 40.3. The van der Waals surface area contributed by atoms with Gasteiger partial charge in [0.2, 0.25) is 5.95 Å². The van der Waals surface area contributed by atoms with Gasteiger partial charge < -0.3 is 14.8 Å². The fourth-order valence-electron chi connectivity index (χ4n) is 4.83. The van der Waals surface area contributed by atoms with Crippen LogP contribution in [-0.4, -0.2) is 38.4 Å². The average Bonchev–Trinajstić information content (AvgIpc) is 3.41. The van der Waals surface area contributed by atoms with E-state index in [0.29, 0.717) is 29.0 Å². The van der Waals surface area contributed by atoms with Gasteiger partial charge in [-0.1, -0.05) is 32.9 Å². The van der Waals surface area contributed by atoms with Crippen LogP contribution >= 0.6 is 0 Å². The van der Waals surface area contributed by atoms with E-state index >= 15 is 0 Å². The molecule has 1 saturated heterocycles. The highest BCUT2D eigenvalue weighted by atomic mass is 16.5. The van der Waals surface area contributed by atoms with E-state index in [0.717, 1.165) is 16.6 Å². The lowest BCUT2D eigenvalue weighted by molar-refractivity contribution is -0.132. The zero-order valence-electron chi connectivity index (χ0n) is 22.1. The van der Waals surface area contributed by atoms with E-state index < -0.39 is 17.7 Å². The van der Waals surface area contributed by atoms with Gasteiger partial charge in [-0.3, -0.25) is 19.5 Å². The number of H-pyrrole nitrogens is 1. The van der Waals surface area contributed by atoms with Crippen molar-refractivity contribution in [2.45, 2.75) is 46.1 Å². The number of aliphatic hydroxyl groups excluding tert-OH is 1. The van der Waals surface area contributed by atoms with Crippen molar-refractivity contribution in [3.05, 3.63) is 88.8 Å². The van der Waals surface area contributed by atoms with Gasteiger partial charge in [-0.15, -0.1) is 0 Å². The molecule has 38 heavy (non-hydrogen) atoms. The lowest BCUT2D eigenvalue weighted by Crippen LogP contribution is -2.30. The molecule has 1 atom stereocenters. The molecule has 2 N–H and O–H groups in total. The van der Waals surface area contributed by atoms with E-state index in [2.05, 4.69) is 15.0 Å². The molecule has 0 spiro atoms. The summed E-state index contributed by atoms with van der Waals surface area (Å²) >= 11 is 0. The monoisotopic (exact) mass is 510 g/mol. The molecule has 1 fully saturated rings. The van der Waals surface area contributed by atoms with Gasteiger partial charge in [0.1, 0.15) is 11.5 Å². The highest BCUT2D eigenvalue weighted by Gasteiger charge is 2.48. The lowest BCUT2D eigenvalue weighted by Gasteiger charge is -2.24. The molecule has 1 aliphatic heterocycles. The van der Waals surface area contributed by atoms with Gasteiger partial charge in [-0.05, 0) is 66.8 Å². The van der Waals surface area contributed by atoms with Crippen molar-refractivity contribution < 1.29 is 19.4 Å². The number of carbonyl (C=O) groups excluding carboxylic acids is 2. The number of benzene rings is 2. The van der Waals surface area contributed by atoms with Crippen molar-refractivity contribution in [2.75, 3.05) is 11.5 Å². The maximum atomic E-state index is 13.5. The van der Waals surface area contributed by atoms with Gasteiger partial charge in [-0.25, -0.2) is 4.98 Å². The van der Waals surface area contributed by atoms with Crippen LogP contribution in [-0.2, 0) is 15.0 Å². The molecule has 4 aromatic rings. The number of aliphatic hydroxyl groups is 1. The van der Waals surface area contributed by atoms with E-state index in [1.54, 1.807) is 36.7 Å². The minimum Gasteiger partial charge on any atom is -0.507 e. The second-order valence-corrected chi connectivity index (χ2v) is 10.4. The van der Waals surface area contributed by atoms with Crippen molar-refractivity contribution in [1.82, 2.24) is 15.0 Å². The molecule has 8 heteroatoms. The van der Waals surface area contributed by atoms with E-state index in [1.165, 1.54) is 4.90 Å². The van der Waals surface area contributed by atoms with Crippen molar-refractivity contribution in [3.8, 4) is 5.75 Å². The molecule has 0 bridgehead atoms. The molecule has 2 aromatic heterocycles. The number of hydrogen-bond donors (Lipinski definition) is 2. The fraction of sp³-hybridized carbons (Fsp3) is 0.267. The summed E-state index contributed by atoms with van der Waals surface area (Å²) in [5.41, 5.74) is 4.00. The molecule has 3 heterocycles. The number of Topliss-reactive ketones (excluding diaryl/α,β-unsaturated/α-hetero) is 1. The number of ketones is 1. The molecule has 0 radical (unpaired) electrons. The minimum absolute atomic E-state index is 0.0244. The number of anilines is 1. The van der Waals surface area contributed by atoms with Gasteiger partial charge in [0.25, 0.3) is 5.78 Å². The number of imidazole rings is 1. The Balaban J connectivity index is 1.71. The van der Waals surface area contributed by atoms with Gasteiger partial charge >= 0.3 is 5.91 Å². The van der Waals surface area contributed by atoms with Gasteiger partial charge in [0.15, 0.2) is 0 Å². The van der Waals surface area contributed by atoms with E-state index in [1.807, 2.05) is 58.9 Å². The Morgan fingerprint density at radius 1 is 1.13 bits per heavy atom. The maximum absolute atomic E-state index is 13.5. The molecule has 5 rings (SSSR count). The number of pyridine rings is 1. The van der Waals surface area contributed by atoms with Crippen LogP contribution in [0.4, 0.5) is 5.95 Å². The molecule has 2 aromatic carbocycles. The number of nitrogens with zero attached hydrogens (tertiary/aromatic N) is 3. The maximum Gasteiger partial charge on any atom is 0.302 e. The van der Waals surface area contributed by atoms with Crippen LogP contribution in [0.1, 0.15) is 56.0 Å². The van der Waals surface area contributed by atoms with Crippen molar-refractivity contribution >= 4 is 34.4 Å². The van der Waals surface area contributed by atoms with E-state index in [9.17, 15) is 14.7 Å². The minimum atomic E-state index is -0.921. The quantitative estimate of drug-likeness (QED) is 0.206. The largest absolute Gasteiger partial charge is 0.507 e. The molecule has 8 nitrogen and oxygen atoms in total. The zero-order chi connectivity index (χ0) is 27.2. The Labute approximate surface area is 221 Å². The Morgan fingerprint density at radius 3 is 2.61 bits per heavy atom. The van der Waals surface area contributed by atoms with Crippen molar-refractivity contribution in [3.63, 3.8) is 0 Å². The Bertz CT molecular complexity index is 1580. The Kier molecular flexibility index (Phi) is 6.26. The third kappa shape index (κ3) is 4.32. The molecule has 1 aliphatic rings. The third-order valence-corrected chi connectivity index (χ3v) is 6.66. The Hall–Kier alpha value is -4.46. The molecule has 1 unspecified atom stereocenters. The molecular weight excluding hydrogens is 480 g/mol. The molecule has 0 saturated carbocycles. The molecule has 1 amide bonds. The number of aryl methyl sites for hydroxylation is 1. The first-order chi connectivity index (χ1) is 18.1. The second-order valence-electron chi connectivity index (χ2n) is 10.4. The fourth-order valence-corrected chi connectivity index (χ4v) is 4.83. The number of rotatable bonds is 5. The number of amides is 1. The summed E-state index contributed by atoms with van der Waals surface area (Å²) in [6, 6.07) is 13.6. The zero-order valence-corrected chi connectivity index (χ0v) is 22.1. The predicted molar refractivity (Wildman–Crippen MR) is 146 cm³/mol. The Morgan fingerprint density at radius 2 is 1.92 bits per heavy atom. The van der Waals surface area contributed by atoms with Crippen molar-refractivity contribution in [2.24, 2.45) is 0 Å².